The average molecular weight is 172 g/mol. The van der Waals surface area contributed by atoms with Gasteiger partial charge in [-0.25, -0.2) is 0 Å². The first-order chi connectivity index (χ1) is 5.27. The van der Waals surface area contributed by atoms with Crippen LogP contribution in [0.1, 0.15) is 32.6 Å². The van der Waals surface area contributed by atoms with E-state index in [2.05, 4.69) is 6.58 Å². The summed E-state index contributed by atoms with van der Waals surface area (Å²) in [6.07, 6.45) is 6.62. The first-order valence-electron chi connectivity index (χ1n) is 4.01. The maximum absolute atomic E-state index is 10.5. The molecule has 0 heterocycles. The van der Waals surface area contributed by atoms with Gasteiger partial charge in [0.25, 0.3) is 0 Å². The van der Waals surface area contributed by atoms with E-state index >= 15 is 0 Å². The van der Waals surface area contributed by atoms with E-state index in [0.717, 1.165) is 18.6 Å². The number of hydrogen-bond acceptors (Lipinski definition) is 2. The standard InChI is InChI=1S/C9H16OS/c1-3-4-5-6-7-8-11-9(2)10/h3H,1,4-8H2,2H3. The molecular weight excluding hydrogens is 156 g/mol. The van der Waals surface area contributed by atoms with E-state index in [9.17, 15) is 4.79 Å². The molecule has 0 aliphatic rings. The van der Waals surface area contributed by atoms with Gasteiger partial charge in [-0.1, -0.05) is 24.3 Å². The molecule has 0 atom stereocenters. The summed E-state index contributed by atoms with van der Waals surface area (Å²) in [5, 5.41) is 0.230. The molecule has 11 heavy (non-hydrogen) atoms. The Bertz CT molecular complexity index is 121. The van der Waals surface area contributed by atoms with Crippen LogP contribution >= 0.6 is 11.8 Å². The van der Waals surface area contributed by atoms with Gasteiger partial charge in [0.05, 0.1) is 0 Å². The van der Waals surface area contributed by atoms with Gasteiger partial charge in [-0.15, -0.1) is 6.58 Å². The minimum Gasteiger partial charge on any atom is -0.288 e. The summed E-state index contributed by atoms with van der Waals surface area (Å²) in [5.74, 6) is 0.979. The van der Waals surface area contributed by atoms with Crippen molar-refractivity contribution >= 4 is 16.9 Å². The molecule has 1 nitrogen and oxygen atoms in total. The van der Waals surface area contributed by atoms with Crippen LogP contribution in [-0.4, -0.2) is 10.9 Å². The molecular formula is C9H16OS. The van der Waals surface area contributed by atoms with Gasteiger partial charge in [-0.3, -0.25) is 4.79 Å². The summed E-state index contributed by atoms with van der Waals surface area (Å²) in [6.45, 7) is 5.27. The Morgan fingerprint density at radius 1 is 1.45 bits per heavy atom. The Hall–Kier alpha value is -0.240. The first kappa shape index (κ1) is 10.8. The van der Waals surface area contributed by atoms with Crippen LogP contribution in [-0.2, 0) is 4.79 Å². The molecule has 0 fully saturated rings. The fourth-order valence-electron chi connectivity index (χ4n) is 0.783. The van der Waals surface area contributed by atoms with Gasteiger partial charge >= 0.3 is 0 Å². The van der Waals surface area contributed by atoms with E-state index in [1.165, 1.54) is 24.6 Å². The zero-order valence-electron chi connectivity index (χ0n) is 7.14. The normalized spacial score (nSPS) is 9.55. The third kappa shape index (κ3) is 9.76. The Labute approximate surface area is 73.3 Å². The van der Waals surface area contributed by atoms with Crippen molar-refractivity contribution < 1.29 is 4.79 Å². The summed E-state index contributed by atoms with van der Waals surface area (Å²) in [4.78, 5) is 10.5. The number of carbonyl (C=O) groups excluding carboxylic acids is 1. The third-order valence-corrected chi connectivity index (χ3v) is 2.26. The van der Waals surface area contributed by atoms with Gasteiger partial charge < -0.3 is 0 Å². The Morgan fingerprint density at radius 2 is 2.18 bits per heavy atom. The molecule has 0 rings (SSSR count). The zero-order valence-corrected chi connectivity index (χ0v) is 7.95. The lowest BCUT2D eigenvalue weighted by Crippen LogP contribution is -1.86. The second-order valence-electron chi connectivity index (χ2n) is 2.48. The van der Waals surface area contributed by atoms with Crippen LogP contribution in [0.25, 0.3) is 0 Å². The van der Waals surface area contributed by atoms with Crippen molar-refractivity contribution in [2.75, 3.05) is 5.75 Å². The quantitative estimate of drug-likeness (QED) is 0.452. The van der Waals surface area contributed by atoms with Crippen molar-refractivity contribution in [1.82, 2.24) is 0 Å². The molecule has 0 aromatic rings. The molecule has 0 aromatic carbocycles. The molecule has 0 saturated carbocycles. The molecule has 64 valence electrons. The predicted molar refractivity (Wildman–Crippen MR) is 51.8 cm³/mol. The first-order valence-corrected chi connectivity index (χ1v) is 5.00. The number of carbonyl (C=O) groups is 1. The van der Waals surface area contributed by atoms with E-state index in [0.29, 0.717) is 0 Å². The second kappa shape index (κ2) is 7.86. The molecule has 0 N–H and O–H groups in total. The van der Waals surface area contributed by atoms with Crippen LogP contribution in [0.4, 0.5) is 0 Å². The monoisotopic (exact) mass is 172 g/mol. The van der Waals surface area contributed by atoms with Gasteiger partial charge in [-0.05, 0) is 19.3 Å². The average Bonchev–Trinajstić information content (AvgIpc) is 1.96. The fraction of sp³-hybridized carbons (Fsp3) is 0.667. The Kier molecular flexibility index (Phi) is 7.69. The minimum atomic E-state index is 0.230. The number of allylic oxidation sites excluding steroid dienone is 1. The van der Waals surface area contributed by atoms with Crippen LogP contribution in [0, 0.1) is 0 Å². The van der Waals surface area contributed by atoms with Crippen molar-refractivity contribution in [3.8, 4) is 0 Å². The molecule has 0 aromatic heterocycles. The molecule has 0 bridgehead atoms. The summed E-state index contributed by atoms with van der Waals surface area (Å²) < 4.78 is 0. The van der Waals surface area contributed by atoms with Crippen LogP contribution in [0.5, 0.6) is 0 Å². The Balaban J connectivity index is 2.90. The van der Waals surface area contributed by atoms with Crippen LogP contribution in [0.15, 0.2) is 12.7 Å². The lowest BCUT2D eigenvalue weighted by atomic mass is 10.2. The van der Waals surface area contributed by atoms with Crippen LogP contribution < -0.4 is 0 Å². The lowest BCUT2D eigenvalue weighted by molar-refractivity contribution is -0.109. The van der Waals surface area contributed by atoms with Gasteiger partial charge in [0.15, 0.2) is 5.12 Å². The summed E-state index contributed by atoms with van der Waals surface area (Å²) in [7, 11) is 0. The molecule has 0 unspecified atom stereocenters. The summed E-state index contributed by atoms with van der Waals surface area (Å²) >= 11 is 1.42. The molecule has 0 saturated heterocycles. The van der Waals surface area contributed by atoms with Gasteiger partial charge in [0, 0.05) is 12.7 Å². The number of thioether (sulfide) groups is 1. The number of unbranched alkanes of at least 4 members (excludes halogenated alkanes) is 3. The van der Waals surface area contributed by atoms with E-state index in [1.807, 2.05) is 6.08 Å². The molecule has 0 spiro atoms. The molecule has 0 aliphatic heterocycles. The zero-order chi connectivity index (χ0) is 8.53. The van der Waals surface area contributed by atoms with E-state index in [-0.39, 0.29) is 5.12 Å². The van der Waals surface area contributed by atoms with E-state index in [4.69, 9.17) is 0 Å². The summed E-state index contributed by atoms with van der Waals surface area (Å²) in [5.41, 5.74) is 0. The maximum atomic E-state index is 10.5. The van der Waals surface area contributed by atoms with Crippen molar-refractivity contribution in [2.45, 2.75) is 32.6 Å². The Morgan fingerprint density at radius 3 is 2.73 bits per heavy atom. The second-order valence-corrected chi connectivity index (χ2v) is 3.75. The van der Waals surface area contributed by atoms with Gasteiger partial charge in [0.2, 0.25) is 0 Å². The topological polar surface area (TPSA) is 17.1 Å². The van der Waals surface area contributed by atoms with Crippen LogP contribution in [0.3, 0.4) is 0 Å². The largest absolute Gasteiger partial charge is 0.288 e. The van der Waals surface area contributed by atoms with Crippen LogP contribution in [0.2, 0.25) is 0 Å². The molecule has 0 aliphatic carbocycles. The maximum Gasteiger partial charge on any atom is 0.185 e. The predicted octanol–water partition coefficient (Wildman–Crippen LogP) is 3.01. The molecule has 2 heteroatoms. The van der Waals surface area contributed by atoms with E-state index in [1.54, 1.807) is 6.92 Å². The molecule has 0 amide bonds. The van der Waals surface area contributed by atoms with E-state index < -0.39 is 0 Å². The SMILES string of the molecule is C=CCCCCCSC(C)=O. The highest BCUT2D eigenvalue weighted by Crippen LogP contribution is 2.07. The minimum absolute atomic E-state index is 0.230. The van der Waals surface area contributed by atoms with Crippen molar-refractivity contribution in [1.29, 1.82) is 0 Å². The highest BCUT2D eigenvalue weighted by molar-refractivity contribution is 8.13. The summed E-state index contributed by atoms with van der Waals surface area (Å²) in [6, 6.07) is 0. The number of hydrogen-bond donors (Lipinski definition) is 0. The van der Waals surface area contributed by atoms with Crippen molar-refractivity contribution in [3.63, 3.8) is 0 Å². The van der Waals surface area contributed by atoms with Crippen molar-refractivity contribution in [3.05, 3.63) is 12.7 Å². The number of rotatable bonds is 6. The highest BCUT2D eigenvalue weighted by Gasteiger charge is 1.92. The van der Waals surface area contributed by atoms with Gasteiger partial charge in [-0.2, -0.15) is 0 Å². The third-order valence-electron chi connectivity index (χ3n) is 1.36. The smallest absolute Gasteiger partial charge is 0.185 e. The van der Waals surface area contributed by atoms with Crippen molar-refractivity contribution in [2.24, 2.45) is 0 Å². The fourth-order valence-corrected chi connectivity index (χ4v) is 1.42. The van der Waals surface area contributed by atoms with Gasteiger partial charge in [0.1, 0.15) is 0 Å². The highest BCUT2D eigenvalue weighted by atomic mass is 32.2. The lowest BCUT2D eigenvalue weighted by Gasteiger charge is -1.96. The molecule has 0 radical (unpaired) electrons.